The molecule has 0 aliphatic carbocycles. The molecule has 1 fully saturated rings. The predicted octanol–water partition coefficient (Wildman–Crippen LogP) is 2.32. The van der Waals surface area contributed by atoms with E-state index in [-0.39, 0.29) is 47.5 Å². The molecule has 2 aliphatic heterocycles. The molecule has 2 N–H and O–H groups in total. The van der Waals surface area contributed by atoms with Crippen molar-refractivity contribution in [2.24, 2.45) is 0 Å². The molecule has 34 heavy (non-hydrogen) atoms. The van der Waals surface area contributed by atoms with E-state index in [1.165, 1.54) is 29.2 Å². The molecule has 0 radical (unpaired) electrons. The van der Waals surface area contributed by atoms with Gasteiger partial charge in [-0.3, -0.25) is 19.3 Å². The lowest BCUT2D eigenvalue weighted by molar-refractivity contribution is 0.0475. The molecule has 3 amide bonds. The monoisotopic (exact) mass is 483 g/mol. The van der Waals surface area contributed by atoms with Gasteiger partial charge in [-0.1, -0.05) is 18.2 Å². The minimum Gasteiger partial charge on any atom is -0.376 e. The molecule has 1 atom stereocenters. The summed E-state index contributed by atoms with van der Waals surface area (Å²) in [5, 5.41) is 2.72. The Bertz CT molecular complexity index is 1230. The minimum atomic E-state index is -3.48. The quantitative estimate of drug-likeness (QED) is 0.417. The fourth-order valence-electron chi connectivity index (χ4n) is 3.93. The molecule has 0 aromatic heterocycles. The Labute approximate surface area is 197 Å². The number of nitrogens with one attached hydrogen (secondary N) is 2. The standard InChI is InChI=1S/C24H25N3O6S/c1-2-11-25-34(31,32)15-16-5-8-18(9-6-16)26-22(28)17-7-10-20-21(13-17)24(30)27(23(20)29)14-19-4-3-12-33-19/h2,5-10,13,19,25H,1,3-4,11-12,14-15H2,(H,26,28). The highest BCUT2D eigenvalue weighted by Crippen LogP contribution is 2.26. The number of benzene rings is 2. The second-order valence-electron chi connectivity index (χ2n) is 8.16. The lowest BCUT2D eigenvalue weighted by Crippen LogP contribution is -2.36. The molecule has 1 unspecified atom stereocenters. The van der Waals surface area contributed by atoms with E-state index in [0.717, 1.165) is 12.8 Å². The van der Waals surface area contributed by atoms with E-state index < -0.39 is 21.8 Å². The highest BCUT2D eigenvalue weighted by atomic mass is 32.2. The van der Waals surface area contributed by atoms with E-state index in [9.17, 15) is 22.8 Å². The smallest absolute Gasteiger partial charge is 0.261 e. The van der Waals surface area contributed by atoms with Crippen LogP contribution < -0.4 is 10.0 Å². The highest BCUT2D eigenvalue weighted by Gasteiger charge is 2.38. The number of carbonyl (C=O) groups is 3. The van der Waals surface area contributed by atoms with Crippen molar-refractivity contribution in [1.29, 1.82) is 0 Å². The van der Waals surface area contributed by atoms with Crippen LogP contribution in [0.3, 0.4) is 0 Å². The number of imide groups is 1. The van der Waals surface area contributed by atoms with Gasteiger partial charge >= 0.3 is 0 Å². The zero-order chi connectivity index (χ0) is 24.3. The van der Waals surface area contributed by atoms with Crippen molar-refractivity contribution in [2.75, 3.05) is 25.0 Å². The van der Waals surface area contributed by atoms with Gasteiger partial charge in [0.1, 0.15) is 0 Å². The van der Waals surface area contributed by atoms with Gasteiger partial charge in [0.2, 0.25) is 10.0 Å². The van der Waals surface area contributed by atoms with E-state index >= 15 is 0 Å². The Hall–Kier alpha value is -3.34. The Kier molecular flexibility index (Phi) is 6.92. The van der Waals surface area contributed by atoms with Crippen molar-refractivity contribution >= 4 is 33.4 Å². The molecule has 2 aromatic rings. The maximum atomic E-state index is 12.8. The van der Waals surface area contributed by atoms with Gasteiger partial charge in [-0.05, 0) is 48.7 Å². The highest BCUT2D eigenvalue weighted by molar-refractivity contribution is 7.88. The molecule has 9 nitrogen and oxygen atoms in total. The van der Waals surface area contributed by atoms with Crippen LogP contribution in [0.2, 0.25) is 0 Å². The van der Waals surface area contributed by atoms with E-state index in [1.54, 1.807) is 24.3 Å². The largest absolute Gasteiger partial charge is 0.376 e. The Morgan fingerprint density at radius 3 is 2.53 bits per heavy atom. The van der Waals surface area contributed by atoms with Gasteiger partial charge in [-0.25, -0.2) is 13.1 Å². The summed E-state index contributed by atoms with van der Waals surface area (Å²) in [6.45, 7) is 4.46. The second kappa shape index (κ2) is 9.88. The average Bonchev–Trinajstić information content (AvgIpc) is 3.41. The summed E-state index contributed by atoms with van der Waals surface area (Å²) in [5.74, 6) is -1.46. The predicted molar refractivity (Wildman–Crippen MR) is 126 cm³/mol. The van der Waals surface area contributed by atoms with E-state index in [4.69, 9.17) is 4.74 Å². The Balaban J connectivity index is 1.42. The number of rotatable bonds is 9. The lowest BCUT2D eigenvalue weighted by Gasteiger charge is -2.17. The van der Waals surface area contributed by atoms with Gasteiger partial charge in [0.25, 0.3) is 17.7 Å². The zero-order valence-electron chi connectivity index (χ0n) is 18.5. The van der Waals surface area contributed by atoms with Crippen molar-refractivity contribution < 1.29 is 27.5 Å². The first kappa shape index (κ1) is 23.8. The summed E-state index contributed by atoms with van der Waals surface area (Å²) in [4.78, 5) is 39.4. The van der Waals surface area contributed by atoms with Crippen LogP contribution in [0, 0.1) is 0 Å². The Morgan fingerprint density at radius 1 is 1.12 bits per heavy atom. The fraction of sp³-hybridized carbons (Fsp3) is 0.292. The first-order valence-electron chi connectivity index (χ1n) is 10.9. The molecule has 0 bridgehead atoms. The third-order valence-corrected chi connectivity index (χ3v) is 6.98. The van der Waals surface area contributed by atoms with Crippen LogP contribution in [0.5, 0.6) is 0 Å². The zero-order valence-corrected chi connectivity index (χ0v) is 19.3. The summed E-state index contributed by atoms with van der Waals surface area (Å²) in [5.41, 5.74) is 1.73. The van der Waals surface area contributed by atoms with Gasteiger partial charge < -0.3 is 10.1 Å². The van der Waals surface area contributed by atoms with Crippen LogP contribution in [0.4, 0.5) is 5.69 Å². The molecular weight excluding hydrogens is 458 g/mol. The van der Waals surface area contributed by atoms with Gasteiger partial charge in [0, 0.05) is 24.4 Å². The normalized spacial score (nSPS) is 17.6. The molecule has 0 saturated carbocycles. The third kappa shape index (κ3) is 5.24. The molecule has 2 aromatic carbocycles. The van der Waals surface area contributed by atoms with Gasteiger partial charge in [-0.2, -0.15) is 0 Å². The van der Waals surface area contributed by atoms with E-state index in [0.29, 0.717) is 17.9 Å². The van der Waals surface area contributed by atoms with Crippen LogP contribution in [0.25, 0.3) is 0 Å². The van der Waals surface area contributed by atoms with Crippen molar-refractivity contribution in [1.82, 2.24) is 9.62 Å². The molecule has 178 valence electrons. The fourth-order valence-corrected chi connectivity index (χ4v) is 5.04. The number of amides is 3. The Morgan fingerprint density at radius 2 is 1.85 bits per heavy atom. The summed E-state index contributed by atoms with van der Waals surface area (Å²) in [6.07, 6.45) is 3.01. The van der Waals surface area contributed by atoms with Crippen LogP contribution in [0.1, 0.15) is 49.5 Å². The summed E-state index contributed by atoms with van der Waals surface area (Å²) >= 11 is 0. The average molecular weight is 484 g/mol. The molecule has 4 rings (SSSR count). The maximum absolute atomic E-state index is 12.8. The first-order valence-corrected chi connectivity index (χ1v) is 12.5. The third-order valence-electron chi connectivity index (χ3n) is 5.66. The van der Waals surface area contributed by atoms with E-state index in [2.05, 4.69) is 16.6 Å². The molecule has 2 heterocycles. The number of sulfonamides is 1. The number of nitrogens with zero attached hydrogens (tertiary/aromatic N) is 1. The van der Waals surface area contributed by atoms with Crippen LogP contribution in [0.15, 0.2) is 55.1 Å². The number of anilines is 1. The first-order chi connectivity index (χ1) is 16.3. The lowest BCUT2D eigenvalue weighted by atomic mass is 10.1. The number of hydrogen-bond donors (Lipinski definition) is 2. The molecule has 0 spiro atoms. The van der Waals surface area contributed by atoms with Crippen molar-refractivity contribution in [3.63, 3.8) is 0 Å². The van der Waals surface area contributed by atoms with Crippen molar-refractivity contribution in [2.45, 2.75) is 24.7 Å². The molecular formula is C24H25N3O6S. The van der Waals surface area contributed by atoms with Crippen molar-refractivity contribution in [3.05, 3.63) is 77.4 Å². The van der Waals surface area contributed by atoms with Gasteiger partial charge in [-0.15, -0.1) is 6.58 Å². The van der Waals surface area contributed by atoms with Crippen LogP contribution in [-0.2, 0) is 20.5 Å². The number of carbonyl (C=O) groups excluding carboxylic acids is 3. The second-order valence-corrected chi connectivity index (χ2v) is 9.97. The van der Waals surface area contributed by atoms with Gasteiger partial charge in [0.05, 0.1) is 29.5 Å². The molecule has 2 aliphatic rings. The number of ether oxygens (including phenoxy) is 1. The van der Waals surface area contributed by atoms with E-state index in [1.807, 2.05) is 0 Å². The summed E-state index contributed by atoms with van der Waals surface area (Å²) < 4.78 is 31.9. The maximum Gasteiger partial charge on any atom is 0.261 e. The summed E-state index contributed by atoms with van der Waals surface area (Å²) in [7, 11) is -3.48. The SMILES string of the molecule is C=CCNS(=O)(=O)Cc1ccc(NC(=O)c2ccc3c(c2)C(=O)N(CC2CCCO2)C3=O)cc1. The minimum absolute atomic E-state index is 0.150. The van der Waals surface area contributed by atoms with Crippen LogP contribution >= 0.6 is 0 Å². The van der Waals surface area contributed by atoms with Gasteiger partial charge in [0.15, 0.2) is 0 Å². The number of hydrogen-bond acceptors (Lipinski definition) is 6. The van der Waals surface area contributed by atoms with Crippen molar-refractivity contribution in [3.8, 4) is 0 Å². The topological polar surface area (TPSA) is 122 Å². The van der Waals surface area contributed by atoms with Crippen LogP contribution in [-0.4, -0.2) is 56.8 Å². The molecule has 10 heteroatoms. The molecule has 1 saturated heterocycles. The summed E-state index contributed by atoms with van der Waals surface area (Å²) in [6, 6.07) is 10.8. The number of fused-ring (bicyclic) bond motifs is 1.